The minimum atomic E-state index is -0.693. The molecule has 1 saturated heterocycles. The second kappa shape index (κ2) is 6.23. The molecule has 0 unspecified atom stereocenters. The summed E-state index contributed by atoms with van der Waals surface area (Å²) in [5.74, 6) is -2.17. The predicted molar refractivity (Wildman–Crippen MR) is 76.0 cm³/mol. The maximum Gasteiger partial charge on any atom is 0.242 e. The first-order valence-electron chi connectivity index (χ1n) is 6.97. The highest BCUT2D eigenvalue weighted by Crippen LogP contribution is 2.19. The summed E-state index contributed by atoms with van der Waals surface area (Å²) in [5, 5.41) is 0. The lowest BCUT2D eigenvalue weighted by Gasteiger charge is -2.35. The molecule has 0 saturated carbocycles. The van der Waals surface area contributed by atoms with Crippen molar-refractivity contribution in [2.45, 2.75) is 6.54 Å². The van der Waals surface area contributed by atoms with Gasteiger partial charge < -0.3 is 9.80 Å². The third-order valence-corrected chi connectivity index (χ3v) is 3.64. The van der Waals surface area contributed by atoms with Crippen molar-refractivity contribution in [1.29, 1.82) is 0 Å². The first-order chi connectivity index (χ1) is 11.0. The molecule has 120 valence electrons. The number of rotatable bonds is 3. The molecular formula is C15H13F3N4O. The van der Waals surface area contributed by atoms with Gasteiger partial charge in [0, 0.05) is 31.3 Å². The molecule has 0 N–H and O–H groups in total. The molecule has 1 amide bonds. The fourth-order valence-corrected chi connectivity index (χ4v) is 2.45. The zero-order chi connectivity index (χ0) is 16.4. The molecular weight excluding hydrogens is 309 g/mol. The van der Waals surface area contributed by atoms with Gasteiger partial charge in [-0.3, -0.25) is 4.79 Å². The Morgan fingerprint density at radius 1 is 1.13 bits per heavy atom. The van der Waals surface area contributed by atoms with Crippen LogP contribution in [0.2, 0.25) is 0 Å². The molecule has 2 heterocycles. The van der Waals surface area contributed by atoms with Gasteiger partial charge in [0.25, 0.3) is 0 Å². The summed E-state index contributed by atoms with van der Waals surface area (Å²) in [6, 6.07) is 3.25. The number of halogens is 3. The van der Waals surface area contributed by atoms with Crippen molar-refractivity contribution in [3.8, 4) is 0 Å². The molecule has 0 aliphatic carbocycles. The van der Waals surface area contributed by atoms with Gasteiger partial charge in [0.2, 0.25) is 5.91 Å². The van der Waals surface area contributed by atoms with Gasteiger partial charge >= 0.3 is 0 Å². The van der Waals surface area contributed by atoms with Crippen LogP contribution >= 0.6 is 0 Å². The second-order valence-electron chi connectivity index (χ2n) is 5.17. The van der Waals surface area contributed by atoms with Crippen molar-refractivity contribution >= 4 is 11.7 Å². The number of hydrogen-bond acceptors (Lipinski definition) is 4. The summed E-state index contributed by atoms with van der Waals surface area (Å²) < 4.78 is 40.2. The average molecular weight is 322 g/mol. The number of nitrogens with zero attached hydrogens (tertiary/aromatic N) is 4. The van der Waals surface area contributed by atoms with Crippen LogP contribution in [0.3, 0.4) is 0 Å². The van der Waals surface area contributed by atoms with E-state index in [1.807, 2.05) is 0 Å². The molecule has 8 heteroatoms. The Hall–Kier alpha value is -2.64. The number of amides is 1. The van der Waals surface area contributed by atoms with Crippen LogP contribution in [0, 0.1) is 17.5 Å². The van der Waals surface area contributed by atoms with Crippen LogP contribution in [0.15, 0.2) is 30.7 Å². The first kappa shape index (κ1) is 15.3. The summed E-state index contributed by atoms with van der Waals surface area (Å²) in [6.07, 6.45) is 2.25. The monoisotopic (exact) mass is 322 g/mol. The number of carbonyl (C=O) groups excluding carboxylic acids is 1. The fourth-order valence-electron chi connectivity index (χ4n) is 2.45. The summed E-state index contributed by atoms with van der Waals surface area (Å²) >= 11 is 0. The van der Waals surface area contributed by atoms with Crippen molar-refractivity contribution < 1.29 is 18.0 Å². The van der Waals surface area contributed by atoms with Crippen LogP contribution in [0.4, 0.5) is 19.0 Å². The largest absolute Gasteiger partial charge is 0.343 e. The van der Waals surface area contributed by atoms with E-state index in [0.717, 1.165) is 18.3 Å². The van der Waals surface area contributed by atoms with Gasteiger partial charge in [-0.2, -0.15) is 0 Å². The van der Waals surface area contributed by atoms with E-state index in [0.29, 0.717) is 13.1 Å². The molecule has 1 aromatic heterocycles. The normalized spacial score (nSPS) is 15.2. The molecule has 0 radical (unpaired) electrons. The summed E-state index contributed by atoms with van der Waals surface area (Å²) in [6.45, 7) is 0.642. The molecule has 0 spiro atoms. The van der Waals surface area contributed by atoms with Crippen LogP contribution in [0.5, 0.6) is 0 Å². The minimum absolute atomic E-state index is 0.0467. The Morgan fingerprint density at radius 2 is 1.96 bits per heavy atom. The van der Waals surface area contributed by atoms with E-state index in [4.69, 9.17) is 0 Å². The highest BCUT2D eigenvalue weighted by Gasteiger charge is 2.27. The molecule has 1 fully saturated rings. The molecule has 23 heavy (non-hydrogen) atoms. The van der Waals surface area contributed by atoms with Gasteiger partial charge in [-0.05, 0) is 6.07 Å². The molecule has 1 aliphatic heterocycles. The molecule has 3 rings (SSSR count). The third-order valence-electron chi connectivity index (χ3n) is 3.64. The lowest BCUT2D eigenvalue weighted by molar-refractivity contribution is -0.131. The number of carbonyl (C=O) groups is 1. The second-order valence-corrected chi connectivity index (χ2v) is 5.17. The predicted octanol–water partition coefficient (Wildman–Crippen LogP) is 1.74. The highest BCUT2D eigenvalue weighted by atomic mass is 19.1. The zero-order valence-electron chi connectivity index (χ0n) is 12.0. The molecule has 2 aromatic rings. The van der Waals surface area contributed by atoms with E-state index < -0.39 is 17.5 Å². The lowest BCUT2D eigenvalue weighted by atomic mass is 10.1. The summed E-state index contributed by atoms with van der Waals surface area (Å²) in [5.41, 5.74) is 0.237. The summed E-state index contributed by atoms with van der Waals surface area (Å²) in [4.78, 5) is 22.6. The number of anilines is 1. The Kier molecular flexibility index (Phi) is 4.14. The number of piperazine rings is 1. The zero-order valence-corrected chi connectivity index (χ0v) is 12.0. The van der Waals surface area contributed by atoms with Gasteiger partial charge in [0.15, 0.2) is 11.6 Å². The van der Waals surface area contributed by atoms with Crippen LogP contribution < -0.4 is 4.90 Å². The number of aromatic nitrogens is 2. The van der Waals surface area contributed by atoms with E-state index in [9.17, 15) is 18.0 Å². The van der Waals surface area contributed by atoms with Gasteiger partial charge in [-0.15, -0.1) is 0 Å². The van der Waals surface area contributed by atoms with Crippen molar-refractivity contribution in [3.63, 3.8) is 0 Å². The van der Waals surface area contributed by atoms with Crippen LogP contribution in [-0.4, -0.2) is 40.4 Å². The van der Waals surface area contributed by atoms with Crippen molar-refractivity contribution in [3.05, 3.63) is 53.7 Å². The Labute approximate surface area is 130 Å². The molecule has 5 nitrogen and oxygen atoms in total. The number of benzene rings is 1. The fraction of sp³-hybridized carbons (Fsp3) is 0.267. The van der Waals surface area contributed by atoms with Gasteiger partial charge in [0.1, 0.15) is 18.0 Å². The van der Waals surface area contributed by atoms with Crippen molar-refractivity contribution in [2.24, 2.45) is 0 Å². The van der Waals surface area contributed by atoms with Crippen LogP contribution in [-0.2, 0) is 11.3 Å². The average Bonchev–Trinajstić information content (AvgIpc) is 2.52. The van der Waals surface area contributed by atoms with Crippen LogP contribution in [0.25, 0.3) is 0 Å². The van der Waals surface area contributed by atoms with E-state index in [2.05, 4.69) is 9.97 Å². The van der Waals surface area contributed by atoms with E-state index in [1.54, 1.807) is 0 Å². The molecule has 0 atom stereocenters. The molecule has 1 aliphatic rings. The van der Waals surface area contributed by atoms with E-state index >= 15 is 0 Å². The first-order valence-corrected chi connectivity index (χ1v) is 6.97. The Bertz CT molecular complexity index is 740. The van der Waals surface area contributed by atoms with E-state index in [1.165, 1.54) is 22.2 Å². The highest BCUT2D eigenvalue weighted by molar-refractivity contribution is 5.82. The van der Waals surface area contributed by atoms with Gasteiger partial charge in [-0.1, -0.05) is 6.07 Å². The molecule has 1 aromatic carbocycles. The quantitative estimate of drug-likeness (QED) is 0.864. The number of hydrogen-bond donors (Lipinski definition) is 0. The summed E-state index contributed by atoms with van der Waals surface area (Å²) in [7, 11) is 0. The Balaban J connectivity index is 1.70. The van der Waals surface area contributed by atoms with Crippen molar-refractivity contribution in [1.82, 2.24) is 14.9 Å². The lowest BCUT2D eigenvalue weighted by Crippen LogP contribution is -2.50. The Morgan fingerprint density at radius 3 is 2.65 bits per heavy atom. The third kappa shape index (κ3) is 3.25. The topological polar surface area (TPSA) is 49.3 Å². The standard InChI is InChI=1S/C15H13F3N4O/c16-11-2-1-10(12(17)5-11)7-21-3-4-22(8-14(21)23)15-13(18)6-19-9-20-15/h1-2,5-6,9H,3-4,7-8H2. The van der Waals surface area contributed by atoms with Crippen LogP contribution in [0.1, 0.15) is 5.56 Å². The van der Waals surface area contributed by atoms with E-state index in [-0.39, 0.29) is 30.4 Å². The minimum Gasteiger partial charge on any atom is -0.343 e. The maximum atomic E-state index is 13.7. The van der Waals surface area contributed by atoms with Crippen molar-refractivity contribution in [2.75, 3.05) is 24.5 Å². The van der Waals surface area contributed by atoms with Gasteiger partial charge in [-0.25, -0.2) is 23.1 Å². The maximum absolute atomic E-state index is 13.7. The SMILES string of the molecule is O=C1CN(c2ncncc2F)CCN1Cc1ccc(F)cc1F. The van der Waals surface area contributed by atoms with Gasteiger partial charge in [0.05, 0.1) is 12.7 Å². The molecule has 0 bridgehead atoms. The smallest absolute Gasteiger partial charge is 0.242 e.